The van der Waals surface area contributed by atoms with Crippen LogP contribution >= 0.6 is 11.6 Å². The number of fused-ring (bicyclic) bond motifs is 1. The Kier molecular flexibility index (Phi) is 6.86. The number of halogens is 1. The Labute approximate surface area is 187 Å². The van der Waals surface area contributed by atoms with E-state index in [9.17, 15) is 4.79 Å². The fraction of sp³-hybridized carbons (Fsp3) is 0.524. The van der Waals surface area contributed by atoms with Crippen molar-refractivity contribution in [3.8, 4) is 5.75 Å². The summed E-state index contributed by atoms with van der Waals surface area (Å²) in [6.07, 6.45) is 1.80. The second kappa shape index (κ2) is 9.23. The number of ether oxygens (including phenoxy) is 1. The second-order valence-corrected chi connectivity index (χ2v) is 8.61. The van der Waals surface area contributed by atoms with Gasteiger partial charge in [0.1, 0.15) is 16.7 Å². The fourth-order valence-electron chi connectivity index (χ4n) is 3.84. The molecule has 5 N–H and O–H groups in total. The number of amides is 1. The normalized spacial score (nSPS) is 16.4. The molecule has 3 heterocycles. The maximum absolute atomic E-state index is 12.4. The molecule has 10 heteroatoms. The minimum absolute atomic E-state index is 0.0460. The number of hydrogen-bond acceptors (Lipinski definition) is 8. The first-order valence-corrected chi connectivity index (χ1v) is 10.6. The van der Waals surface area contributed by atoms with Crippen molar-refractivity contribution in [2.45, 2.75) is 46.2 Å². The molecule has 0 spiro atoms. The highest BCUT2D eigenvalue weighted by molar-refractivity contribution is 6.30. The zero-order valence-corrected chi connectivity index (χ0v) is 19.3. The first-order valence-electron chi connectivity index (χ1n) is 10.2. The molecule has 0 saturated carbocycles. The Balaban J connectivity index is 1.87. The molecule has 0 aliphatic carbocycles. The third kappa shape index (κ3) is 4.67. The van der Waals surface area contributed by atoms with Gasteiger partial charge in [0.15, 0.2) is 0 Å². The lowest BCUT2D eigenvalue weighted by molar-refractivity contribution is -0.123. The molecule has 31 heavy (non-hydrogen) atoms. The number of aryl methyl sites for hydroxylation is 1. The number of anilines is 2. The molecule has 3 rings (SSSR count). The van der Waals surface area contributed by atoms with Crippen LogP contribution in [0.5, 0.6) is 5.75 Å². The smallest absolute Gasteiger partial charge is 0.237 e. The van der Waals surface area contributed by atoms with Crippen LogP contribution < -0.4 is 26.4 Å². The van der Waals surface area contributed by atoms with Crippen LogP contribution in [-0.2, 0) is 11.3 Å². The maximum Gasteiger partial charge on any atom is 0.237 e. The van der Waals surface area contributed by atoms with E-state index in [4.69, 9.17) is 27.8 Å². The van der Waals surface area contributed by atoms with E-state index in [-0.39, 0.29) is 23.7 Å². The number of hydrogen-bond donors (Lipinski definition) is 3. The third-order valence-electron chi connectivity index (χ3n) is 5.68. The van der Waals surface area contributed by atoms with Crippen LogP contribution in [0.4, 0.5) is 11.8 Å². The Morgan fingerprint density at radius 2 is 2.10 bits per heavy atom. The van der Waals surface area contributed by atoms with Crippen molar-refractivity contribution in [2.24, 2.45) is 11.7 Å². The van der Waals surface area contributed by atoms with E-state index < -0.39 is 6.04 Å². The van der Waals surface area contributed by atoms with E-state index in [1.54, 1.807) is 13.3 Å². The SMILES string of the molecule is COc1c(C)cnc(CN2CC(CNC(=O)[C@H](N)C(C)C)c3c(Cl)nc(N)nc32)c1C. The van der Waals surface area contributed by atoms with Gasteiger partial charge in [-0.3, -0.25) is 9.78 Å². The van der Waals surface area contributed by atoms with Gasteiger partial charge in [-0.25, -0.2) is 4.98 Å². The van der Waals surface area contributed by atoms with Crippen molar-refractivity contribution < 1.29 is 9.53 Å². The first kappa shape index (κ1) is 23.0. The average molecular weight is 448 g/mol. The van der Waals surface area contributed by atoms with E-state index >= 15 is 0 Å². The average Bonchev–Trinajstić information content (AvgIpc) is 3.05. The van der Waals surface area contributed by atoms with Crippen LogP contribution in [0.1, 0.15) is 42.1 Å². The summed E-state index contributed by atoms with van der Waals surface area (Å²) >= 11 is 6.44. The molecule has 2 aromatic heterocycles. The summed E-state index contributed by atoms with van der Waals surface area (Å²) in [7, 11) is 1.65. The van der Waals surface area contributed by atoms with Gasteiger partial charge in [0.2, 0.25) is 11.9 Å². The van der Waals surface area contributed by atoms with Crippen molar-refractivity contribution >= 4 is 29.3 Å². The minimum atomic E-state index is -0.568. The first-order chi connectivity index (χ1) is 14.6. The monoisotopic (exact) mass is 447 g/mol. The molecule has 0 bridgehead atoms. The van der Waals surface area contributed by atoms with Gasteiger partial charge in [-0.2, -0.15) is 4.98 Å². The predicted octanol–water partition coefficient (Wildman–Crippen LogP) is 1.94. The number of rotatable bonds is 7. The molecule has 168 valence electrons. The van der Waals surface area contributed by atoms with Crippen molar-refractivity contribution in [1.82, 2.24) is 20.3 Å². The van der Waals surface area contributed by atoms with Gasteiger partial charge in [-0.05, 0) is 19.8 Å². The van der Waals surface area contributed by atoms with Gasteiger partial charge in [-0.15, -0.1) is 0 Å². The Bertz CT molecular complexity index is 983. The van der Waals surface area contributed by atoms with E-state index in [0.717, 1.165) is 28.1 Å². The largest absolute Gasteiger partial charge is 0.496 e. The van der Waals surface area contributed by atoms with Gasteiger partial charge in [0.25, 0.3) is 0 Å². The van der Waals surface area contributed by atoms with Crippen molar-refractivity contribution in [1.29, 1.82) is 0 Å². The van der Waals surface area contributed by atoms with Crippen molar-refractivity contribution in [2.75, 3.05) is 30.8 Å². The Hall–Kier alpha value is -2.65. The lowest BCUT2D eigenvalue weighted by Crippen LogP contribution is -2.45. The molecule has 2 atom stereocenters. The number of pyridine rings is 1. The number of nitrogens with two attached hydrogens (primary N) is 2. The van der Waals surface area contributed by atoms with E-state index in [2.05, 4.69) is 25.2 Å². The number of nitrogens with zero attached hydrogens (tertiary/aromatic N) is 4. The molecule has 0 radical (unpaired) electrons. The van der Waals surface area contributed by atoms with E-state index in [1.807, 2.05) is 27.7 Å². The standard InChI is InChI=1S/C21H30ClN7O2/c1-10(2)16(23)20(30)26-7-13-8-29(19-15(13)18(22)27-21(24)28-19)9-14-12(4)17(31-5)11(3)6-25-14/h6,10,13,16H,7-9,23H2,1-5H3,(H,26,30)(H2,24,27,28)/t13?,16-/m1/s1. The molecule has 1 unspecified atom stereocenters. The van der Waals surface area contributed by atoms with Gasteiger partial charge < -0.3 is 26.4 Å². The molecule has 0 fully saturated rings. The second-order valence-electron chi connectivity index (χ2n) is 8.25. The molecule has 1 aliphatic rings. The summed E-state index contributed by atoms with van der Waals surface area (Å²) < 4.78 is 5.53. The summed E-state index contributed by atoms with van der Waals surface area (Å²) in [6.45, 7) is 9.23. The molecule has 1 amide bonds. The highest BCUT2D eigenvalue weighted by Gasteiger charge is 2.34. The lowest BCUT2D eigenvalue weighted by atomic mass is 10.0. The Morgan fingerprint density at radius 1 is 1.39 bits per heavy atom. The lowest BCUT2D eigenvalue weighted by Gasteiger charge is -2.21. The highest BCUT2D eigenvalue weighted by atomic mass is 35.5. The molecule has 0 aromatic carbocycles. The number of nitrogens with one attached hydrogen (secondary N) is 1. The molecular weight excluding hydrogens is 418 g/mol. The van der Waals surface area contributed by atoms with Gasteiger partial charge >= 0.3 is 0 Å². The molecule has 0 saturated heterocycles. The zero-order chi connectivity index (χ0) is 22.9. The third-order valence-corrected chi connectivity index (χ3v) is 5.97. The number of carbonyl (C=O) groups is 1. The van der Waals surface area contributed by atoms with Crippen LogP contribution in [0, 0.1) is 19.8 Å². The summed E-state index contributed by atoms with van der Waals surface area (Å²) in [5.41, 5.74) is 15.4. The van der Waals surface area contributed by atoms with Crippen LogP contribution in [0.3, 0.4) is 0 Å². The van der Waals surface area contributed by atoms with Crippen molar-refractivity contribution in [3.05, 3.63) is 33.7 Å². The fourth-order valence-corrected chi connectivity index (χ4v) is 4.17. The van der Waals surface area contributed by atoms with E-state index in [0.29, 0.717) is 30.6 Å². The quantitative estimate of drug-likeness (QED) is 0.548. The van der Waals surface area contributed by atoms with Crippen LogP contribution in [-0.4, -0.2) is 47.1 Å². The van der Waals surface area contributed by atoms with Gasteiger partial charge in [0, 0.05) is 41.9 Å². The minimum Gasteiger partial charge on any atom is -0.496 e. The van der Waals surface area contributed by atoms with Crippen molar-refractivity contribution in [3.63, 3.8) is 0 Å². The summed E-state index contributed by atoms with van der Waals surface area (Å²) in [6, 6.07) is -0.568. The number of aromatic nitrogens is 3. The molecule has 1 aliphatic heterocycles. The highest BCUT2D eigenvalue weighted by Crippen LogP contribution is 2.40. The number of methoxy groups -OCH3 is 1. The van der Waals surface area contributed by atoms with Crippen LogP contribution in [0.15, 0.2) is 6.20 Å². The summed E-state index contributed by atoms with van der Waals surface area (Å²) in [5, 5.41) is 3.23. The predicted molar refractivity (Wildman–Crippen MR) is 121 cm³/mol. The molecule has 2 aromatic rings. The zero-order valence-electron chi connectivity index (χ0n) is 18.6. The molecule has 9 nitrogen and oxygen atoms in total. The van der Waals surface area contributed by atoms with Gasteiger partial charge in [0.05, 0.1) is 25.4 Å². The van der Waals surface area contributed by atoms with Crippen LogP contribution in [0.2, 0.25) is 5.15 Å². The number of nitrogen functional groups attached to an aromatic ring is 1. The van der Waals surface area contributed by atoms with E-state index in [1.165, 1.54) is 0 Å². The topological polar surface area (TPSA) is 132 Å². The summed E-state index contributed by atoms with van der Waals surface area (Å²) in [5.74, 6) is 1.33. The maximum atomic E-state index is 12.4. The van der Waals surface area contributed by atoms with Gasteiger partial charge in [-0.1, -0.05) is 25.4 Å². The molecular formula is C21H30ClN7O2. The van der Waals surface area contributed by atoms with Crippen LogP contribution in [0.25, 0.3) is 0 Å². The Morgan fingerprint density at radius 3 is 2.74 bits per heavy atom. The summed E-state index contributed by atoms with van der Waals surface area (Å²) in [4.78, 5) is 27.6. The number of carbonyl (C=O) groups excluding carboxylic acids is 1.